The van der Waals surface area contributed by atoms with Crippen molar-refractivity contribution in [2.75, 3.05) is 24.9 Å². The van der Waals surface area contributed by atoms with E-state index < -0.39 is 0 Å². The lowest BCUT2D eigenvalue weighted by Gasteiger charge is -2.15. The number of hydrogen-bond acceptors (Lipinski definition) is 6. The quantitative estimate of drug-likeness (QED) is 0.624. The van der Waals surface area contributed by atoms with Crippen LogP contribution < -0.4 is 20.1 Å². The average Bonchev–Trinajstić information content (AvgIpc) is 2.70. The van der Waals surface area contributed by atoms with Crippen LogP contribution in [0.4, 0.5) is 23.1 Å². The van der Waals surface area contributed by atoms with Crippen LogP contribution >= 0.6 is 0 Å². The van der Waals surface area contributed by atoms with E-state index in [1.165, 1.54) is 11.1 Å². The molecule has 0 spiro atoms. The van der Waals surface area contributed by atoms with Crippen molar-refractivity contribution in [3.63, 3.8) is 0 Å². The molecule has 3 aromatic rings. The summed E-state index contributed by atoms with van der Waals surface area (Å²) in [5, 5.41) is 6.62. The van der Waals surface area contributed by atoms with Gasteiger partial charge in [-0.2, -0.15) is 4.98 Å². The number of rotatable bonds is 7. The number of anilines is 4. The second kappa shape index (κ2) is 8.40. The average molecular weight is 364 g/mol. The van der Waals surface area contributed by atoms with Crippen LogP contribution in [0.2, 0.25) is 0 Å². The van der Waals surface area contributed by atoms with E-state index in [0.717, 1.165) is 29.4 Å². The summed E-state index contributed by atoms with van der Waals surface area (Å²) in [4.78, 5) is 8.89. The minimum absolute atomic E-state index is 0.482. The van der Waals surface area contributed by atoms with E-state index in [-0.39, 0.29) is 0 Å². The van der Waals surface area contributed by atoms with Gasteiger partial charge in [0, 0.05) is 18.0 Å². The fourth-order valence-electron chi connectivity index (χ4n) is 2.84. The third-order valence-corrected chi connectivity index (χ3v) is 4.30. The standard InChI is InChI=1S/C21H24N4O2/c1-5-15-8-6-7-14(2)20(15)24-19-11-12-22-21(25-19)23-17-10-9-16(26-3)13-18(17)27-4/h6-13H,5H2,1-4H3,(H2,22,23,24,25). The predicted octanol–water partition coefficient (Wildman–Crippen LogP) is 4.85. The number of aromatic nitrogens is 2. The lowest BCUT2D eigenvalue weighted by atomic mass is 10.1. The lowest BCUT2D eigenvalue weighted by molar-refractivity contribution is 0.395. The molecule has 0 radical (unpaired) electrons. The van der Waals surface area contributed by atoms with E-state index in [9.17, 15) is 0 Å². The van der Waals surface area contributed by atoms with Gasteiger partial charge in [0.1, 0.15) is 17.3 Å². The topological polar surface area (TPSA) is 68.3 Å². The number of benzene rings is 2. The van der Waals surface area contributed by atoms with Crippen LogP contribution in [-0.4, -0.2) is 24.2 Å². The second-order valence-electron chi connectivity index (χ2n) is 6.04. The fraction of sp³-hybridized carbons (Fsp3) is 0.238. The molecule has 0 unspecified atom stereocenters. The zero-order valence-corrected chi connectivity index (χ0v) is 16.0. The van der Waals surface area contributed by atoms with Gasteiger partial charge in [-0.15, -0.1) is 0 Å². The maximum absolute atomic E-state index is 5.42. The van der Waals surface area contributed by atoms with Crippen molar-refractivity contribution in [1.29, 1.82) is 0 Å². The number of nitrogens with zero attached hydrogens (tertiary/aromatic N) is 2. The molecule has 0 aliphatic carbocycles. The van der Waals surface area contributed by atoms with Gasteiger partial charge in [0.05, 0.1) is 19.9 Å². The Morgan fingerprint density at radius 3 is 2.59 bits per heavy atom. The molecule has 2 aromatic carbocycles. The summed E-state index contributed by atoms with van der Waals surface area (Å²) in [7, 11) is 3.24. The van der Waals surface area contributed by atoms with Crippen LogP contribution in [0.15, 0.2) is 48.7 Å². The smallest absolute Gasteiger partial charge is 0.229 e. The molecule has 0 atom stereocenters. The fourth-order valence-corrected chi connectivity index (χ4v) is 2.84. The van der Waals surface area contributed by atoms with E-state index in [2.05, 4.69) is 52.6 Å². The molecule has 3 rings (SSSR count). The summed E-state index contributed by atoms with van der Waals surface area (Å²) in [5.74, 6) is 2.59. The highest BCUT2D eigenvalue weighted by Crippen LogP contribution is 2.31. The summed E-state index contributed by atoms with van der Waals surface area (Å²) in [5.41, 5.74) is 4.28. The number of aryl methyl sites for hydroxylation is 2. The van der Waals surface area contributed by atoms with Gasteiger partial charge in [0.2, 0.25) is 5.95 Å². The van der Waals surface area contributed by atoms with Crippen molar-refractivity contribution in [3.8, 4) is 11.5 Å². The molecule has 2 N–H and O–H groups in total. The molecule has 0 bridgehead atoms. The van der Waals surface area contributed by atoms with Crippen molar-refractivity contribution >= 4 is 23.1 Å². The van der Waals surface area contributed by atoms with Crippen LogP contribution in [0.5, 0.6) is 11.5 Å². The van der Waals surface area contributed by atoms with Crippen molar-refractivity contribution in [1.82, 2.24) is 9.97 Å². The predicted molar refractivity (Wildman–Crippen MR) is 109 cm³/mol. The van der Waals surface area contributed by atoms with Crippen LogP contribution in [0.1, 0.15) is 18.1 Å². The maximum Gasteiger partial charge on any atom is 0.229 e. The van der Waals surface area contributed by atoms with Gasteiger partial charge in [-0.1, -0.05) is 25.1 Å². The highest BCUT2D eigenvalue weighted by Gasteiger charge is 2.09. The Hall–Kier alpha value is -3.28. The molecular formula is C21H24N4O2. The summed E-state index contributed by atoms with van der Waals surface area (Å²) < 4.78 is 10.6. The summed E-state index contributed by atoms with van der Waals surface area (Å²) in [6.45, 7) is 4.23. The molecule has 1 aromatic heterocycles. The minimum atomic E-state index is 0.482. The third kappa shape index (κ3) is 4.28. The minimum Gasteiger partial charge on any atom is -0.497 e. The van der Waals surface area contributed by atoms with Crippen LogP contribution in [-0.2, 0) is 6.42 Å². The Morgan fingerprint density at radius 2 is 1.85 bits per heavy atom. The first kappa shape index (κ1) is 18.5. The molecule has 0 saturated heterocycles. The Kier molecular flexibility index (Phi) is 5.76. The highest BCUT2D eigenvalue weighted by molar-refractivity contribution is 5.67. The van der Waals surface area contributed by atoms with Gasteiger partial charge < -0.3 is 20.1 Å². The number of ether oxygens (including phenoxy) is 2. The molecule has 27 heavy (non-hydrogen) atoms. The molecule has 0 amide bonds. The van der Waals surface area contributed by atoms with Crippen molar-refractivity contribution < 1.29 is 9.47 Å². The van der Waals surface area contributed by atoms with Crippen molar-refractivity contribution in [2.24, 2.45) is 0 Å². The number of nitrogens with one attached hydrogen (secondary N) is 2. The molecule has 6 nitrogen and oxygen atoms in total. The van der Waals surface area contributed by atoms with E-state index in [1.54, 1.807) is 20.4 Å². The van der Waals surface area contributed by atoms with Gasteiger partial charge in [-0.05, 0) is 42.7 Å². The van der Waals surface area contributed by atoms with Gasteiger partial charge >= 0.3 is 0 Å². The Labute approximate surface area is 159 Å². The number of para-hydroxylation sites is 1. The van der Waals surface area contributed by atoms with E-state index in [1.807, 2.05) is 24.3 Å². The zero-order valence-electron chi connectivity index (χ0n) is 16.0. The first-order valence-corrected chi connectivity index (χ1v) is 8.82. The monoisotopic (exact) mass is 364 g/mol. The van der Waals surface area contributed by atoms with E-state index in [4.69, 9.17) is 9.47 Å². The van der Waals surface area contributed by atoms with Gasteiger partial charge in [0.25, 0.3) is 0 Å². The molecular weight excluding hydrogens is 340 g/mol. The van der Waals surface area contributed by atoms with Crippen LogP contribution in [0.3, 0.4) is 0 Å². The van der Waals surface area contributed by atoms with E-state index >= 15 is 0 Å². The Bertz CT molecular complexity index is 928. The van der Waals surface area contributed by atoms with Crippen LogP contribution in [0.25, 0.3) is 0 Å². The third-order valence-electron chi connectivity index (χ3n) is 4.30. The Morgan fingerprint density at radius 1 is 1.00 bits per heavy atom. The summed E-state index contributed by atoms with van der Waals surface area (Å²) >= 11 is 0. The van der Waals surface area contributed by atoms with Crippen molar-refractivity contribution in [2.45, 2.75) is 20.3 Å². The second-order valence-corrected chi connectivity index (χ2v) is 6.04. The van der Waals surface area contributed by atoms with Crippen molar-refractivity contribution in [3.05, 3.63) is 59.8 Å². The zero-order chi connectivity index (χ0) is 19.2. The van der Waals surface area contributed by atoms with Gasteiger partial charge in [0.15, 0.2) is 0 Å². The molecule has 0 aliphatic rings. The van der Waals surface area contributed by atoms with E-state index in [0.29, 0.717) is 11.7 Å². The maximum atomic E-state index is 5.42. The first-order chi connectivity index (χ1) is 13.1. The van der Waals surface area contributed by atoms with Gasteiger partial charge in [-0.3, -0.25) is 0 Å². The molecule has 0 aliphatic heterocycles. The normalized spacial score (nSPS) is 10.4. The molecule has 0 fully saturated rings. The molecule has 0 saturated carbocycles. The lowest BCUT2D eigenvalue weighted by Crippen LogP contribution is -2.03. The highest BCUT2D eigenvalue weighted by atomic mass is 16.5. The van der Waals surface area contributed by atoms with Crippen LogP contribution in [0, 0.1) is 6.92 Å². The molecule has 140 valence electrons. The van der Waals surface area contributed by atoms with Gasteiger partial charge in [-0.25, -0.2) is 4.98 Å². The number of hydrogen-bond donors (Lipinski definition) is 2. The largest absolute Gasteiger partial charge is 0.497 e. The molecule has 1 heterocycles. The first-order valence-electron chi connectivity index (χ1n) is 8.82. The summed E-state index contributed by atoms with van der Waals surface area (Å²) in [6.07, 6.45) is 2.67. The molecule has 6 heteroatoms. The Balaban J connectivity index is 1.85. The summed E-state index contributed by atoms with van der Waals surface area (Å²) in [6, 6.07) is 13.7. The SMILES string of the molecule is CCc1cccc(C)c1Nc1ccnc(Nc2ccc(OC)cc2OC)n1. The number of methoxy groups -OCH3 is 2.